The average Bonchev–Trinajstić information content (AvgIpc) is 3.10. The first-order valence-electron chi connectivity index (χ1n) is 8.10. The average molecular weight is 312 g/mol. The molecule has 120 valence electrons. The number of nitrogens with zero attached hydrogens (tertiary/aromatic N) is 3. The summed E-state index contributed by atoms with van der Waals surface area (Å²) in [6.07, 6.45) is 4.76. The first kappa shape index (κ1) is 14.3. The van der Waals surface area contributed by atoms with Crippen LogP contribution in [-0.2, 0) is 0 Å². The summed E-state index contributed by atoms with van der Waals surface area (Å²) in [6.45, 7) is 1.40. The molecule has 2 aromatic rings. The topological polar surface area (TPSA) is 70.4 Å². The molecule has 3 heterocycles. The Morgan fingerprint density at radius 2 is 1.96 bits per heavy atom. The third kappa shape index (κ3) is 2.70. The minimum absolute atomic E-state index is 0.0683. The number of hydrogen-bond acceptors (Lipinski definition) is 4. The molecule has 2 N–H and O–H groups in total. The van der Waals surface area contributed by atoms with Crippen LogP contribution in [0.15, 0.2) is 36.5 Å². The van der Waals surface area contributed by atoms with Gasteiger partial charge in [0.05, 0.1) is 11.9 Å². The number of carbonyl (C=O) groups excluding carboxylic acids is 1. The molecule has 1 aromatic carbocycles. The van der Waals surface area contributed by atoms with Gasteiger partial charge in [0, 0.05) is 25.2 Å². The van der Waals surface area contributed by atoms with Crippen molar-refractivity contribution in [2.24, 2.45) is 0 Å². The zero-order valence-corrected chi connectivity index (χ0v) is 12.9. The zero-order chi connectivity index (χ0) is 15.8. The van der Waals surface area contributed by atoms with Crippen molar-refractivity contribution in [2.75, 3.05) is 13.1 Å². The molecule has 2 saturated heterocycles. The van der Waals surface area contributed by atoms with Gasteiger partial charge in [-0.25, -0.2) is 4.68 Å². The van der Waals surface area contributed by atoms with E-state index in [9.17, 15) is 9.90 Å². The van der Waals surface area contributed by atoms with Crippen LogP contribution in [0.3, 0.4) is 0 Å². The Labute approximate surface area is 134 Å². The van der Waals surface area contributed by atoms with Gasteiger partial charge >= 0.3 is 0 Å². The Bertz CT molecular complexity index is 713. The second-order valence-electron chi connectivity index (χ2n) is 6.32. The highest BCUT2D eigenvalue weighted by Gasteiger charge is 2.33. The second kappa shape index (κ2) is 5.70. The number of para-hydroxylation sites is 1. The number of amides is 1. The predicted octanol–water partition coefficient (Wildman–Crippen LogP) is 1.54. The molecule has 4 rings (SSSR count). The van der Waals surface area contributed by atoms with E-state index in [0.717, 1.165) is 18.5 Å². The SMILES string of the molecule is O=C(c1nn(-c2ccccc2)cc1O)N1CCC2CCC(C1)N2. The number of rotatable bonds is 2. The highest BCUT2D eigenvalue weighted by Crippen LogP contribution is 2.24. The van der Waals surface area contributed by atoms with Crippen LogP contribution in [0.25, 0.3) is 5.69 Å². The Kier molecular flexibility index (Phi) is 3.53. The number of nitrogens with one attached hydrogen (secondary N) is 1. The van der Waals surface area contributed by atoms with Crippen molar-refractivity contribution in [3.8, 4) is 11.4 Å². The predicted molar refractivity (Wildman–Crippen MR) is 85.7 cm³/mol. The summed E-state index contributed by atoms with van der Waals surface area (Å²) in [5.41, 5.74) is 0.949. The van der Waals surface area contributed by atoms with Crippen LogP contribution in [0.5, 0.6) is 5.75 Å². The molecule has 2 bridgehead atoms. The van der Waals surface area contributed by atoms with Crippen molar-refractivity contribution in [1.82, 2.24) is 20.0 Å². The Balaban J connectivity index is 1.58. The molecule has 1 amide bonds. The molecule has 2 fully saturated rings. The van der Waals surface area contributed by atoms with Crippen LogP contribution in [0.1, 0.15) is 29.8 Å². The molecule has 0 aliphatic carbocycles. The van der Waals surface area contributed by atoms with Gasteiger partial charge < -0.3 is 15.3 Å². The van der Waals surface area contributed by atoms with Crippen molar-refractivity contribution < 1.29 is 9.90 Å². The highest BCUT2D eigenvalue weighted by atomic mass is 16.3. The van der Waals surface area contributed by atoms with E-state index in [1.165, 1.54) is 12.6 Å². The molecule has 2 unspecified atom stereocenters. The molecular formula is C17H20N4O2. The molecule has 1 aromatic heterocycles. The van der Waals surface area contributed by atoms with E-state index < -0.39 is 0 Å². The summed E-state index contributed by atoms with van der Waals surface area (Å²) in [4.78, 5) is 14.6. The van der Waals surface area contributed by atoms with Crippen molar-refractivity contribution in [3.05, 3.63) is 42.2 Å². The van der Waals surface area contributed by atoms with Gasteiger partial charge in [-0.05, 0) is 31.4 Å². The maximum Gasteiger partial charge on any atom is 0.278 e. The maximum absolute atomic E-state index is 12.8. The molecule has 23 heavy (non-hydrogen) atoms. The first-order chi connectivity index (χ1) is 11.2. The first-order valence-corrected chi connectivity index (χ1v) is 8.10. The summed E-state index contributed by atoms with van der Waals surface area (Å²) in [6, 6.07) is 10.4. The molecule has 2 aliphatic rings. The number of benzene rings is 1. The van der Waals surface area contributed by atoms with E-state index >= 15 is 0 Å². The Hall–Kier alpha value is -2.34. The summed E-state index contributed by atoms with van der Waals surface area (Å²) in [5.74, 6) is -0.257. The monoisotopic (exact) mass is 312 g/mol. The zero-order valence-electron chi connectivity index (χ0n) is 12.9. The lowest BCUT2D eigenvalue weighted by molar-refractivity contribution is 0.0739. The van der Waals surface area contributed by atoms with E-state index in [-0.39, 0.29) is 17.4 Å². The van der Waals surface area contributed by atoms with Gasteiger partial charge in [0.2, 0.25) is 0 Å². The van der Waals surface area contributed by atoms with E-state index in [4.69, 9.17) is 0 Å². The smallest absolute Gasteiger partial charge is 0.278 e. The summed E-state index contributed by atoms with van der Waals surface area (Å²) >= 11 is 0. The number of hydrogen-bond donors (Lipinski definition) is 2. The highest BCUT2D eigenvalue weighted by molar-refractivity contribution is 5.95. The van der Waals surface area contributed by atoms with E-state index in [2.05, 4.69) is 10.4 Å². The lowest BCUT2D eigenvalue weighted by atomic mass is 10.1. The van der Waals surface area contributed by atoms with Crippen LogP contribution < -0.4 is 5.32 Å². The number of fused-ring (bicyclic) bond motifs is 2. The van der Waals surface area contributed by atoms with Crippen LogP contribution >= 0.6 is 0 Å². The van der Waals surface area contributed by atoms with Gasteiger partial charge in [0.15, 0.2) is 11.4 Å². The van der Waals surface area contributed by atoms with Gasteiger partial charge in [-0.15, -0.1) is 0 Å². The molecular weight excluding hydrogens is 292 g/mol. The van der Waals surface area contributed by atoms with Gasteiger partial charge in [0.1, 0.15) is 0 Å². The quantitative estimate of drug-likeness (QED) is 0.882. The van der Waals surface area contributed by atoms with E-state index in [0.29, 0.717) is 25.2 Å². The van der Waals surface area contributed by atoms with Crippen molar-refractivity contribution in [2.45, 2.75) is 31.3 Å². The molecule has 6 nitrogen and oxygen atoms in total. The number of aromatic nitrogens is 2. The van der Waals surface area contributed by atoms with Gasteiger partial charge in [-0.1, -0.05) is 18.2 Å². The van der Waals surface area contributed by atoms with E-state index in [1.54, 1.807) is 4.68 Å². The molecule has 2 atom stereocenters. The standard InChI is InChI=1S/C17H20N4O2/c22-15-11-21(14-4-2-1-3-5-14)19-16(15)17(23)20-9-8-12-6-7-13(10-20)18-12/h1-5,11-13,18,22H,6-10H2. The fourth-order valence-electron chi connectivity index (χ4n) is 3.51. The molecule has 0 radical (unpaired) electrons. The number of aromatic hydroxyl groups is 1. The van der Waals surface area contributed by atoms with Crippen LogP contribution in [0, 0.1) is 0 Å². The fourth-order valence-corrected chi connectivity index (χ4v) is 3.51. The molecule has 2 aliphatic heterocycles. The summed E-state index contributed by atoms with van der Waals surface area (Å²) in [7, 11) is 0. The largest absolute Gasteiger partial charge is 0.504 e. The minimum Gasteiger partial charge on any atom is -0.504 e. The van der Waals surface area contributed by atoms with Gasteiger partial charge in [-0.3, -0.25) is 4.79 Å². The number of carbonyl (C=O) groups is 1. The Morgan fingerprint density at radius 3 is 2.78 bits per heavy atom. The minimum atomic E-state index is -0.188. The maximum atomic E-state index is 12.8. The van der Waals surface area contributed by atoms with Crippen LogP contribution in [-0.4, -0.2) is 50.9 Å². The lowest BCUT2D eigenvalue weighted by Gasteiger charge is -2.23. The van der Waals surface area contributed by atoms with Gasteiger partial charge in [-0.2, -0.15) is 5.10 Å². The normalized spacial score (nSPS) is 23.7. The second-order valence-corrected chi connectivity index (χ2v) is 6.32. The third-order valence-corrected chi connectivity index (χ3v) is 4.73. The van der Waals surface area contributed by atoms with Crippen LogP contribution in [0.2, 0.25) is 0 Å². The summed E-state index contributed by atoms with van der Waals surface area (Å²) in [5, 5.41) is 18.0. The third-order valence-electron chi connectivity index (χ3n) is 4.73. The molecule has 6 heteroatoms. The van der Waals surface area contributed by atoms with Crippen molar-refractivity contribution in [1.29, 1.82) is 0 Å². The van der Waals surface area contributed by atoms with Crippen molar-refractivity contribution in [3.63, 3.8) is 0 Å². The number of likely N-dealkylation sites (tertiary alicyclic amines) is 1. The fraction of sp³-hybridized carbons (Fsp3) is 0.412. The lowest BCUT2D eigenvalue weighted by Crippen LogP contribution is -2.39. The Morgan fingerprint density at radius 1 is 1.17 bits per heavy atom. The molecule has 0 saturated carbocycles. The van der Waals surface area contributed by atoms with E-state index in [1.807, 2.05) is 35.2 Å². The van der Waals surface area contributed by atoms with Gasteiger partial charge in [0.25, 0.3) is 5.91 Å². The molecule has 0 spiro atoms. The van der Waals surface area contributed by atoms with Crippen LogP contribution in [0.4, 0.5) is 0 Å². The van der Waals surface area contributed by atoms with Crippen molar-refractivity contribution >= 4 is 5.91 Å². The summed E-state index contributed by atoms with van der Waals surface area (Å²) < 4.78 is 1.55.